The Kier molecular flexibility index (Phi) is 7.53. The number of urea groups is 1. The third-order valence-corrected chi connectivity index (χ3v) is 5.73. The zero-order chi connectivity index (χ0) is 23.4. The summed E-state index contributed by atoms with van der Waals surface area (Å²) in [7, 11) is 2.82. The van der Waals surface area contributed by atoms with Crippen molar-refractivity contribution < 1.29 is 23.8 Å². The van der Waals surface area contributed by atoms with Gasteiger partial charge in [-0.3, -0.25) is 0 Å². The van der Waals surface area contributed by atoms with Gasteiger partial charge < -0.3 is 24.8 Å². The van der Waals surface area contributed by atoms with Crippen molar-refractivity contribution in [1.29, 1.82) is 0 Å². The highest BCUT2D eigenvalue weighted by Gasteiger charge is 2.36. The SMILES string of the molecule is COC(=O)C1=C(C(C)C)NC(=O)NC1c1cccc(OC)c1OCc1ccc(Cl)c(Cl)c1. The predicted molar refractivity (Wildman–Crippen MR) is 122 cm³/mol. The lowest BCUT2D eigenvalue weighted by molar-refractivity contribution is -0.136. The van der Waals surface area contributed by atoms with Crippen molar-refractivity contribution in [1.82, 2.24) is 10.6 Å². The molecule has 0 radical (unpaired) electrons. The molecule has 1 atom stereocenters. The number of carbonyl (C=O) groups is 2. The summed E-state index contributed by atoms with van der Waals surface area (Å²) in [6.45, 7) is 3.93. The van der Waals surface area contributed by atoms with Crippen molar-refractivity contribution in [3.63, 3.8) is 0 Å². The summed E-state index contributed by atoms with van der Waals surface area (Å²) in [6.07, 6.45) is 0. The molecule has 0 spiro atoms. The number of rotatable bonds is 7. The maximum absolute atomic E-state index is 12.7. The Labute approximate surface area is 196 Å². The maximum atomic E-state index is 12.7. The van der Waals surface area contributed by atoms with Gasteiger partial charge in [-0.15, -0.1) is 0 Å². The largest absolute Gasteiger partial charge is 0.493 e. The van der Waals surface area contributed by atoms with Gasteiger partial charge in [0.1, 0.15) is 6.61 Å². The highest BCUT2D eigenvalue weighted by Crippen LogP contribution is 2.40. The van der Waals surface area contributed by atoms with E-state index in [1.165, 1.54) is 14.2 Å². The fourth-order valence-electron chi connectivity index (χ4n) is 3.47. The first kappa shape index (κ1) is 23.8. The molecule has 0 bridgehead atoms. The second kappa shape index (κ2) is 10.1. The first-order valence-electron chi connectivity index (χ1n) is 9.90. The first-order valence-corrected chi connectivity index (χ1v) is 10.7. The molecule has 0 saturated heterocycles. The molecule has 2 amide bonds. The molecule has 3 rings (SSSR count). The zero-order valence-electron chi connectivity index (χ0n) is 18.1. The molecular formula is C23H24Cl2N2O5. The fourth-order valence-corrected chi connectivity index (χ4v) is 3.79. The van der Waals surface area contributed by atoms with Crippen LogP contribution in [0, 0.1) is 5.92 Å². The smallest absolute Gasteiger partial charge is 0.337 e. The van der Waals surface area contributed by atoms with E-state index in [4.69, 9.17) is 37.4 Å². The summed E-state index contributed by atoms with van der Waals surface area (Å²) in [5.41, 5.74) is 2.13. The van der Waals surface area contributed by atoms with Crippen LogP contribution in [0.2, 0.25) is 10.0 Å². The Morgan fingerprint density at radius 1 is 1.12 bits per heavy atom. The lowest BCUT2D eigenvalue weighted by Crippen LogP contribution is -2.47. The summed E-state index contributed by atoms with van der Waals surface area (Å²) in [6, 6.07) is 9.24. The van der Waals surface area contributed by atoms with E-state index in [1.807, 2.05) is 13.8 Å². The minimum Gasteiger partial charge on any atom is -0.493 e. The number of amides is 2. The number of allylic oxidation sites excluding steroid dienone is 1. The van der Waals surface area contributed by atoms with E-state index in [2.05, 4.69) is 10.6 Å². The number of methoxy groups -OCH3 is 2. The number of halogens is 2. The number of hydrogen-bond acceptors (Lipinski definition) is 5. The summed E-state index contributed by atoms with van der Waals surface area (Å²) >= 11 is 12.1. The van der Waals surface area contributed by atoms with E-state index in [1.54, 1.807) is 36.4 Å². The Morgan fingerprint density at radius 3 is 2.50 bits per heavy atom. The van der Waals surface area contributed by atoms with E-state index in [-0.39, 0.29) is 12.5 Å². The molecule has 1 heterocycles. The molecule has 0 fully saturated rings. The van der Waals surface area contributed by atoms with Gasteiger partial charge in [0.25, 0.3) is 0 Å². The number of carbonyl (C=O) groups excluding carboxylic acids is 2. The average molecular weight is 479 g/mol. The van der Waals surface area contributed by atoms with Crippen molar-refractivity contribution >= 4 is 35.2 Å². The van der Waals surface area contributed by atoms with Crippen LogP contribution in [-0.4, -0.2) is 26.2 Å². The number of hydrogen-bond donors (Lipinski definition) is 2. The minimum absolute atomic E-state index is 0.121. The lowest BCUT2D eigenvalue weighted by atomic mass is 9.91. The van der Waals surface area contributed by atoms with Crippen LogP contribution in [0.25, 0.3) is 0 Å². The molecule has 2 N–H and O–H groups in total. The highest BCUT2D eigenvalue weighted by molar-refractivity contribution is 6.42. The second-order valence-corrected chi connectivity index (χ2v) is 8.24. The third kappa shape index (κ3) is 4.95. The standard InChI is InChI=1S/C23H24Cl2N2O5/c1-12(2)19-18(22(28)31-4)20(27-23(29)26-19)14-6-5-7-17(30-3)21(14)32-11-13-8-9-15(24)16(25)10-13/h5-10,12,20H,11H2,1-4H3,(H2,26,27,29). The van der Waals surface area contributed by atoms with E-state index < -0.39 is 18.0 Å². The molecule has 2 aromatic rings. The van der Waals surface area contributed by atoms with Crippen molar-refractivity contribution in [3.8, 4) is 11.5 Å². The lowest BCUT2D eigenvalue weighted by Gasteiger charge is -2.31. The third-order valence-electron chi connectivity index (χ3n) is 4.99. The molecule has 1 aliphatic rings. The van der Waals surface area contributed by atoms with E-state index in [0.29, 0.717) is 38.4 Å². The molecular weight excluding hydrogens is 455 g/mol. The summed E-state index contributed by atoms with van der Waals surface area (Å²) in [5.74, 6) is 0.164. The van der Waals surface area contributed by atoms with Crippen molar-refractivity contribution in [2.45, 2.75) is 26.5 Å². The molecule has 0 aliphatic carbocycles. The number of esters is 1. The van der Waals surface area contributed by atoms with Gasteiger partial charge in [-0.2, -0.15) is 0 Å². The van der Waals surface area contributed by atoms with Crippen LogP contribution < -0.4 is 20.1 Å². The summed E-state index contributed by atoms with van der Waals surface area (Å²) in [4.78, 5) is 25.1. The topological polar surface area (TPSA) is 85.9 Å². The van der Waals surface area contributed by atoms with Crippen molar-refractivity contribution in [2.24, 2.45) is 5.92 Å². The van der Waals surface area contributed by atoms with Gasteiger partial charge in [0.05, 0.1) is 35.9 Å². The molecule has 32 heavy (non-hydrogen) atoms. The maximum Gasteiger partial charge on any atom is 0.337 e. The molecule has 0 aromatic heterocycles. The van der Waals surface area contributed by atoms with Crippen LogP contribution in [0.4, 0.5) is 4.79 Å². The number of nitrogens with one attached hydrogen (secondary N) is 2. The summed E-state index contributed by atoms with van der Waals surface area (Å²) in [5, 5.41) is 6.39. The fraction of sp³-hybridized carbons (Fsp3) is 0.304. The molecule has 9 heteroatoms. The van der Waals surface area contributed by atoms with Gasteiger partial charge in [-0.05, 0) is 29.7 Å². The number of ether oxygens (including phenoxy) is 3. The first-order chi connectivity index (χ1) is 15.3. The average Bonchev–Trinajstić information content (AvgIpc) is 2.78. The van der Waals surface area contributed by atoms with E-state index in [0.717, 1.165) is 5.56 Å². The summed E-state index contributed by atoms with van der Waals surface area (Å²) < 4.78 is 16.6. The zero-order valence-corrected chi connectivity index (χ0v) is 19.6. The number of benzene rings is 2. The number of para-hydroxylation sites is 1. The predicted octanol–water partition coefficient (Wildman–Crippen LogP) is 5.02. The molecule has 170 valence electrons. The quantitative estimate of drug-likeness (QED) is 0.545. The van der Waals surface area contributed by atoms with E-state index in [9.17, 15) is 9.59 Å². The Hall–Kier alpha value is -2.90. The van der Waals surface area contributed by atoms with E-state index >= 15 is 0 Å². The van der Waals surface area contributed by atoms with Gasteiger partial charge in [0.2, 0.25) is 0 Å². The van der Waals surface area contributed by atoms with Gasteiger partial charge in [0.15, 0.2) is 11.5 Å². The van der Waals surface area contributed by atoms with Crippen LogP contribution in [-0.2, 0) is 16.1 Å². The minimum atomic E-state index is -0.799. The normalized spacial score (nSPS) is 15.8. The van der Waals surface area contributed by atoms with Gasteiger partial charge >= 0.3 is 12.0 Å². The van der Waals surface area contributed by atoms with Crippen LogP contribution in [0.5, 0.6) is 11.5 Å². The van der Waals surface area contributed by atoms with Crippen LogP contribution in [0.15, 0.2) is 47.7 Å². The molecule has 0 saturated carbocycles. The van der Waals surface area contributed by atoms with Crippen LogP contribution >= 0.6 is 23.2 Å². The van der Waals surface area contributed by atoms with Crippen LogP contribution in [0.3, 0.4) is 0 Å². The highest BCUT2D eigenvalue weighted by atomic mass is 35.5. The Balaban J connectivity index is 2.07. The second-order valence-electron chi connectivity index (χ2n) is 7.42. The molecule has 1 unspecified atom stereocenters. The van der Waals surface area contributed by atoms with Crippen LogP contribution in [0.1, 0.15) is 31.0 Å². The molecule has 1 aliphatic heterocycles. The van der Waals surface area contributed by atoms with Gasteiger partial charge in [-0.25, -0.2) is 9.59 Å². The Morgan fingerprint density at radius 2 is 1.88 bits per heavy atom. The molecule has 2 aromatic carbocycles. The van der Waals surface area contributed by atoms with Gasteiger partial charge in [-0.1, -0.05) is 55.2 Å². The van der Waals surface area contributed by atoms with Crippen molar-refractivity contribution in [2.75, 3.05) is 14.2 Å². The van der Waals surface area contributed by atoms with Gasteiger partial charge in [0, 0.05) is 11.3 Å². The Bertz CT molecular complexity index is 1070. The molecule has 7 nitrogen and oxygen atoms in total. The van der Waals surface area contributed by atoms with Crippen molar-refractivity contribution in [3.05, 3.63) is 68.8 Å². The monoisotopic (exact) mass is 478 g/mol.